The Bertz CT molecular complexity index is 3090. The highest BCUT2D eigenvalue weighted by molar-refractivity contribution is 6.28. The summed E-state index contributed by atoms with van der Waals surface area (Å²) < 4.78 is 0. The normalized spacial score (nSPS) is 11.5. The summed E-state index contributed by atoms with van der Waals surface area (Å²) >= 11 is 0. The van der Waals surface area contributed by atoms with Crippen LogP contribution >= 0.6 is 0 Å². The molecule has 0 radical (unpaired) electrons. The summed E-state index contributed by atoms with van der Waals surface area (Å²) in [5.74, 6) is 0. The molecule has 2 heteroatoms. The molecule has 0 amide bonds. The average Bonchev–Trinajstić information content (AvgIpc) is 3.25. The lowest BCUT2D eigenvalue weighted by molar-refractivity contribution is 1.24. The predicted octanol–water partition coefficient (Wildman–Crippen LogP) is 17.3. The molecule has 0 saturated heterocycles. The molecule has 10 aromatic rings. The van der Waals surface area contributed by atoms with E-state index in [0.717, 1.165) is 11.4 Å². The van der Waals surface area contributed by atoms with E-state index in [9.17, 15) is 0 Å². The number of nitrogens with zero attached hydrogens (tertiary/aromatic N) is 2. The van der Waals surface area contributed by atoms with Crippen LogP contribution in [0.5, 0.6) is 0 Å². The summed E-state index contributed by atoms with van der Waals surface area (Å²) in [5.41, 5.74) is 21.9. The Morgan fingerprint density at radius 3 is 1.05 bits per heavy atom. The summed E-state index contributed by atoms with van der Waals surface area (Å²) in [5, 5.41) is 7.50. The van der Waals surface area contributed by atoms with Gasteiger partial charge in [-0.25, -0.2) is 0 Å². The molecular weight excluding hydrogens is 749 g/mol. The van der Waals surface area contributed by atoms with Crippen LogP contribution in [0.25, 0.3) is 54.6 Å². The summed E-state index contributed by atoms with van der Waals surface area (Å²) in [6, 6.07) is 63.9. The van der Waals surface area contributed by atoms with Crippen LogP contribution in [0.15, 0.2) is 170 Å². The topological polar surface area (TPSA) is 6.48 Å². The Morgan fingerprint density at radius 2 is 0.661 bits per heavy atom. The Balaban J connectivity index is 1.24. The molecule has 0 fully saturated rings. The third-order valence-corrected chi connectivity index (χ3v) is 12.8. The molecule has 0 aliphatic heterocycles. The van der Waals surface area contributed by atoms with Gasteiger partial charge in [-0.1, -0.05) is 121 Å². The number of anilines is 6. The molecule has 10 aromatic carbocycles. The first-order valence-electron chi connectivity index (χ1n) is 21.8. The molecule has 0 aliphatic carbocycles. The van der Waals surface area contributed by atoms with Crippen LogP contribution in [0.2, 0.25) is 0 Å². The van der Waals surface area contributed by atoms with Crippen LogP contribution in [-0.4, -0.2) is 0 Å². The fraction of sp³-hybridized carbons (Fsp3) is 0.133. The van der Waals surface area contributed by atoms with Gasteiger partial charge in [0.25, 0.3) is 0 Å². The summed E-state index contributed by atoms with van der Waals surface area (Å²) in [6.07, 6.45) is 0. The molecular formula is C60H52N2. The molecule has 0 N–H and O–H groups in total. The van der Waals surface area contributed by atoms with Gasteiger partial charge in [-0.3, -0.25) is 0 Å². The highest BCUT2D eigenvalue weighted by atomic mass is 15.2. The minimum Gasteiger partial charge on any atom is -0.310 e. The quantitative estimate of drug-likeness (QED) is 0.141. The molecule has 0 saturated carbocycles. The van der Waals surface area contributed by atoms with Crippen molar-refractivity contribution in [1.29, 1.82) is 0 Å². The Labute approximate surface area is 366 Å². The number of hydrogen-bond acceptors (Lipinski definition) is 2. The minimum atomic E-state index is 1.16. The van der Waals surface area contributed by atoms with E-state index in [4.69, 9.17) is 0 Å². The molecule has 10 rings (SSSR count). The second kappa shape index (κ2) is 15.4. The smallest absolute Gasteiger partial charge is 0.0540 e. The predicted molar refractivity (Wildman–Crippen MR) is 268 cm³/mol. The van der Waals surface area contributed by atoms with Crippen molar-refractivity contribution in [2.75, 3.05) is 9.80 Å². The van der Waals surface area contributed by atoms with Crippen molar-refractivity contribution >= 4 is 66.4 Å². The zero-order valence-corrected chi connectivity index (χ0v) is 37.1. The van der Waals surface area contributed by atoms with Crippen molar-refractivity contribution < 1.29 is 0 Å². The molecule has 2 nitrogen and oxygen atoms in total. The van der Waals surface area contributed by atoms with E-state index >= 15 is 0 Å². The Morgan fingerprint density at radius 1 is 0.290 bits per heavy atom. The van der Waals surface area contributed by atoms with Crippen LogP contribution in [-0.2, 0) is 0 Å². The maximum atomic E-state index is 2.51. The second-order valence-electron chi connectivity index (χ2n) is 17.6. The van der Waals surface area contributed by atoms with Gasteiger partial charge in [0.2, 0.25) is 0 Å². The molecule has 0 bridgehead atoms. The molecule has 0 unspecified atom stereocenters. The van der Waals surface area contributed by atoms with Gasteiger partial charge in [0.15, 0.2) is 0 Å². The number of rotatable bonds is 8. The highest BCUT2D eigenvalue weighted by Gasteiger charge is 2.24. The minimum absolute atomic E-state index is 1.16. The lowest BCUT2D eigenvalue weighted by Crippen LogP contribution is -2.13. The zero-order valence-electron chi connectivity index (χ0n) is 37.1. The summed E-state index contributed by atoms with van der Waals surface area (Å²) in [6.45, 7) is 17.7. The molecule has 0 spiro atoms. The highest BCUT2D eigenvalue weighted by Crippen LogP contribution is 2.49. The van der Waals surface area contributed by atoms with Crippen LogP contribution < -0.4 is 9.80 Å². The van der Waals surface area contributed by atoms with Gasteiger partial charge >= 0.3 is 0 Å². The molecule has 302 valence electrons. The average molecular weight is 801 g/mol. The first-order valence-corrected chi connectivity index (χ1v) is 21.8. The van der Waals surface area contributed by atoms with Crippen molar-refractivity contribution in [2.24, 2.45) is 0 Å². The molecule has 0 aliphatic rings. The standard InChI is InChI=1S/C60H52N2/c1-37-29-38(2)32-49(31-37)61(57-35-47(19-17-43(57)7)51-15-11-9-13-41(51)5)55-27-23-45-22-26-54-56(28-24-46-21-25-53(55)59(45)60(46)54)62(50-33-39(3)30-40(4)34-50)58-36-48(20-18-44(58)8)52-16-12-10-14-42(52)6/h9-36H,1-8H3. The second-order valence-corrected chi connectivity index (χ2v) is 17.6. The largest absolute Gasteiger partial charge is 0.310 e. The van der Waals surface area contributed by atoms with E-state index in [1.165, 1.54) is 122 Å². The number of aryl methyl sites for hydroxylation is 8. The van der Waals surface area contributed by atoms with Crippen molar-refractivity contribution in [3.8, 4) is 22.3 Å². The van der Waals surface area contributed by atoms with Crippen molar-refractivity contribution in [2.45, 2.75) is 55.4 Å². The fourth-order valence-corrected chi connectivity index (χ4v) is 9.96. The molecule has 0 aromatic heterocycles. The summed E-state index contributed by atoms with van der Waals surface area (Å²) in [4.78, 5) is 5.01. The van der Waals surface area contributed by atoms with E-state index in [1.807, 2.05) is 0 Å². The van der Waals surface area contributed by atoms with E-state index in [2.05, 4.69) is 235 Å². The maximum absolute atomic E-state index is 2.51. The van der Waals surface area contributed by atoms with Crippen LogP contribution in [0.4, 0.5) is 34.1 Å². The third-order valence-electron chi connectivity index (χ3n) is 12.8. The molecule has 0 heterocycles. The fourth-order valence-electron chi connectivity index (χ4n) is 9.96. The van der Waals surface area contributed by atoms with Gasteiger partial charge in [-0.2, -0.15) is 0 Å². The van der Waals surface area contributed by atoms with Gasteiger partial charge in [0, 0.05) is 33.5 Å². The lowest BCUT2D eigenvalue weighted by atomic mass is 9.91. The van der Waals surface area contributed by atoms with Crippen LogP contribution in [0.3, 0.4) is 0 Å². The van der Waals surface area contributed by atoms with Gasteiger partial charge < -0.3 is 9.80 Å². The lowest BCUT2D eigenvalue weighted by Gasteiger charge is -2.31. The van der Waals surface area contributed by atoms with Gasteiger partial charge in [-0.05, 0) is 192 Å². The van der Waals surface area contributed by atoms with Crippen LogP contribution in [0, 0.1) is 55.4 Å². The van der Waals surface area contributed by atoms with Gasteiger partial charge in [-0.15, -0.1) is 0 Å². The molecule has 0 atom stereocenters. The number of hydrogen-bond donors (Lipinski definition) is 0. The van der Waals surface area contributed by atoms with Gasteiger partial charge in [0.1, 0.15) is 0 Å². The maximum Gasteiger partial charge on any atom is 0.0540 e. The third kappa shape index (κ3) is 6.77. The number of benzene rings is 10. The van der Waals surface area contributed by atoms with E-state index in [-0.39, 0.29) is 0 Å². The first-order chi connectivity index (χ1) is 30.0. The Hall–Kier alpha value is -7.16. The monoisotopic (exact) mass is 800 g/mol. The molecule has 62 heavy (non-hydrogen) atoms. The van der Waals surface area contributed by atoms with E-state index in [1.54, 1.807) is 0 Å². The summed E-state index contributed by atoms with van der Waals surface area (Å²) in [7, 11) is 0. The van der Waals surface area contributed by atoms with Crippen molar-refractivity contribution in [3.05, 3.63) is 214 Å². The SMILES string of the molecule is Cc1cc(C)cc(N(c2cc(-c3ccccc3C)ccc2C)c2ccc3ccc4c(N(c5cc(C)cc(C)c5)c5cc(-c6ccccc6C)ccc5C)ccc5ccc2c3c54)c1. The van der Waals surface area contributed by atoms with Crippen molar-refractivity contribution in [3.63, 3.8) is 0 Å². The first kappa shape index (κ1) is 39.0. The van der Waals surface area contributed by atoms with E-state index < -0.39 is 0 Å². The van der Waals surface area contributed by atoms with E-state index in [0.29, 0.717) is 0 Å². The Kier molecular flexibility index (Phi) is 9.68. The van der Waals surface area contributed by atoms with Crippen molar-refractivity contribution in [1.82, 2.24) is 0 Å². The zero-order chi connectivity index (χ0) is 42.8. The van der Waals surface area contributed by atoms with Gasteiger partial charge in [0.05, 0.1) is 11.4 Å². The van der Waals surface area contributed by atoms with Crippen LogP contribution in [0.1, 0.15) is 44.5 Å².